The molecule has 31 heavy (non-hydrogen) atoms. The summed E-state index contributed by atoms with van der Waals surface area (Å²) in [5.41, 5.74) is 1.03. The van der Waals surface area contributed by atoms with Crippen LogP contribution in [-0.4, -0.2) is 41.9 Å². The molecular weight excluding hydrogens is 465 g/mol. The third-order valence-corrected chi connectivity index (χ3v) is 6.13. The molecule has 0 atom stereocenters. The van der Waals surface area contributed by atoms with Gasteiger partial charge in [-0.25, -0.2) is 0 Å². The number of hydrogen-bond donors (Lipinski definition) is 0. The molecule has 2 heterocycles. The highest BCUT2D eigenvalue weighted by molar-refractivity contribution is 6.43. The second kappa shape index (κ2) is 8.78. The van der Waals surface area contributed by atoms with E-state index in [-0.39, 0.29) is 17.4 Å². The fraction of sp³-hybridized carbons (Fsp3) is 0.190. The van der Waals surface area contributed by atoms with Gasteiger partial charge in [0.2, 0.25) is 0 Å². The lowest BCUT2D eigenvalue weighted by molar-refractivity contribution is -0.384. The number of nitro benzene ring substituents is 1. The van der Waals surface area contributed by atoms with Crippen LogP contribution in [0.5, 0.6) is 0 Å². The second-order valence-corrected chi connectivity index (χ2v) is 8.16. The Morgan fingerprint density at radius 3 is 2.45 bits per heavy atom. The zero-order valence-corrected chi connectivity index (χ0v) is 18.3. The third-order valence-electron chi connectivity index (χ3n) is 5.08. The number of hydrogen-bond acceptors (Lipinski definition) is 5. The molecule has 1 amide bonds. The van der Waals surface area contributed by atoms with Crippen LogP contribution in [0.3, 0.4) is 0 Å². The molecule has 0 saturated carbocycles. The number of carbonyl (C=O) groups excluding carboxylic acids is 1. The topological polar surface area (TPSA) is 79.8 Å². The van der Waals surface area contributed by atoms with E-state index in [1.165, 1.54) is 6.07 Å². The quantitative estimate of drug-likeness (QED) is 0.349. The average Bonchev–Trinajstić information content (AvgIpc) is 3.25. The van der Waals surface area contributed by atoms with Crippen LogP contribution in [0.2, 0.25) is 15.1 Å². The van der Waals surface area contributed by atoms with Gasteiger partial charge in [-0.1, -0.05) is 40.9 Å². The minimum atomic E-state index is -0.454. The van der Waals surface area contributed by atoms with E-state index in [9.17, 15) is 14.9 Å². The van der Waals surface area contributed by atoms with Crippen LogP contribution in [0.1, 0.15) is 10.6 Å². The first-order valence-corrected chi connectivity index (χ1v) is 10.5. The number of halogens is 3. The van der Waals surface area contributed by atoms with Crippen LogP contribution in [0.25, 0.3) is 11.3 Å². The van der Waals surface area contributed by atoms with Gasteiger partial charge in [-0.3, -0.25) is 14.9 Å². The Labute approximate surface area is 192 Å². The summed E-state index contributed by atoms with van der Waals surface area (Å²) in [4.78, 5) is 27.3. The van der Waals surface area contributed by atoms with Gasteiger partial charge in [0.1, 0.15) is 11.4 Å². The number of furan rings is 1. The van der Waals surface area contributed by atoms with Crippen molar-refractivity contribution in [2.24, 2.45) is 0 Å². The molecule has 0 unspecified atom stereocenters. The maximum absolute atomic E-state index is 12.9. The highest BCUT2D eigenvalue weighted by Crippen LogP contribution is 2.35. The Morgan fingerprint density at radius 2 is 1.74 bits per heavy atom. The van der Waals surface area contributed by atoms with Gasteiger partial charge in [0.15, 0.2) is 5.76 Å². The van der Waals surface area contributed by atoms with Gasteiger partial charge in [0, 0.05) is 42.8 Å². The molecule has 1 aliphatic heterocycles. The van der Waals surface area contributed by atoms with E-state index < -0.39 is 4.92 Å². The Kier molecular flexibility index (Phi) is 6.09. The first-order chi connectivity index (χ1) is 14.8. The van der Waals surface area contributed by atoms with Crippen molar-refractivity contribution < 1.29 is 14.1 Å². The Balaban J connectivity index is 1.47. The maximum atomic E-state index is 12.9. The predicted octanol–water partition coefficient (Wildman–Crippen LogP) is 5.78. The lowest BCUT2D eigenvalue weighted by Gasteiger charge is -2.35. The van der Waals surface area contributed by atoms with Gasteiger partial charge in [0.05, 0.1) is 15.0 Å². The molecule has 1 fully saturated rings. The van der Waals surface area contributed by atoms with E-state index in [2.05, 4.69) is 0 Å². The molecule has 1 aromatic heterocycles. The SMILES string of the molecule is O=C(c1ccc(-c2cccc(Cl)c2Cl)o1)N1CCN(c2ccc(Cl)cc2[N+](=O)[O-])CC1. The lowest BCUT2D eigenvalue weighted by Crippen LogP contribution is -2.48. The summed E-state index contributed by atoms with van der Waals surface area (Å²) >= 11 is 18.2. The first-order valence-electron chi connectivity index (χ1n) is 9.37. The number of benzene rings is 2. The highest BCUT2D eigenvalue weighted by Gasteiger charge is 2.28. The number of nitrogens with zero attached hydrogens (tertiary/aromatic N) is 3. The summed E-state index contributed by atoms with van der Waals surface area (Å²) in [5.74, 6) is 0.387. The van der Waals surface area contributed by atoms with Crippen molar-refractivity contribution >= 4 is 52.1 Å². The molecule has 0 radical (unpaired) electrons. The summed E-state index contributed by atoms with van der Waals surface area (Å²) in [6.07, 6.45) is 0. The van der Waals surface area contributed by atoms with Crippen LogP contribution in [0.15, 0.2) is 52.9 Å². The summed E-state index contributed by atoms with van der Waals surface area (Å²) < 4.78 is 5.74. The summed E-state index contributed by atoms with van der Waals surface area (Å²) in [6, 6.07) is 13.1. The van der Waals surface area contributed by atoms with Crippen molar-refractivity contribution in [1.29, 1.82) is 0 Å². The minimum Gasteiger partial charge on any atom is -0.451 e. The molecule has 0 N–H and O–H groups in total. The fourth-order valence-corrected chi connectivity index (χ4v) is 4.07. The van der Waals surface area contributed by atoms with Crippen molar-refractivity contribution in [3.63, 3.8) is 0 Å². The molecule has 10 heteroatoms. The van der Waals surface area contributed by atoms with Gasteiger partial charge in [-0.2, -0.15) is 0 Å². The van der Waals surface area contributed by atoms with Crippen molar-refractivity contribution in [2.45, 2.75) is 0 Å². The van der Waals surface area contributed by atoms with E-state index in [1.54, 1.807) is 47.4 Å². The number of anilines is 1. The first kappa shape index (κ1) is 21.5. The van der Waals surface area contributed by atoms with Gasteiger partial charge in [0.25, 0.3) is 11.6 Å². The lowest BCUT2D eigenvalue weighted by atomic mass is 10.2. The Hall–Kier alpha value is -2.74. The molecule has 0 aliphatic carbocycles. The molecule has 1 aliphatic rings. The predicted molar refractivity (Wildman–Crippen MR) is 120 cm³/mol. The van der Waals surface area contributed by atoms with Crippen molar-refractivity contribution in [3.05, 3.63) is 79.5 Å². The van der Waals surface area contributed by atoms with Crippen LogP contribution >= 0.6 is 34.8 Å². The smallest absolute Gasteiger partial charge is 0.294 e. The monoisotopic (exact) mass is 479 g/mol. The van der Waals surface area contributed by atoms with Gasteiger partial charge in [-0.15, -0.1) is 0 Å². The number of piperazine rings is 1. The van der Waals surface area contributed by atoms with E-state index in [4.69, 9.17) is 39.2 Å². The second-order valence-electron chi connectivity index (χ2n) is 6.93. The number of nitro groups is 1. The van der Waals surface area contributed by atoms with Crippen molar-refractivity contribution in [1.82, 2.24) is 4.90 Å². The molecule has 4 rings (SSSR count). The molecule has 3 aromatic rings. The van der Waals surface area contributed by atoms with E-state index >= 15 is 0 Å². The molecule has 0 spiro atoms. The maximum Gasteiger partial charge on any atom is 0.294 e. The van der Waals surface area contributed by atoms with Crippen molar-refractivity contribution in [3.8, 4) is 11.3 Å². The van der Waals surface area contributed by atoms with Crippen LogP contribution in [0, 0.1) is 10.1 Å². The molecular formula is C21H16Cl3N3O4. The average molecular weight is 481 g/mol. The van der Waals surface area contributed by atoms with Crippen LogP contribution in [-0.2, 0) is 0 Å². The standard InChI is InChI=1S/C21H16Cl3N3O4/c22-13-4-5-16(17(12-13)27(29)30)25-8-10-26(11-9-25)21(28)19-7-6-18(31-19)14-2-1-3-15(23)20(14)24/h1-7,12H,8-11H2. The summed E-state index contributed by atoms with van der Waals surface area (Å²) in [7, 11) is 0. The van der Waals surface area contributed by atoms with Gasteiger partial charge >= 0.3 is 0 Å². The summed E-state index contributed by atoms with van der Waals surface area (Å²) in [5, 5.41) is 12.4. The Bertz CT molecular complexity index is 1160. The number of amides is 1. The van der Waals surface area contributed by atoms with E-state index in [1.807, 2.05) is 4.90 Å². The molecule has 7 nitrogen and oxygen atoms in total. The van der Waals surface area contributed by atoms with Gasteiger partial charge in [-0.05, 0) is 36.4 Å². The third kappa shape index (κ3) is 4.35. The van der Waals surface area contributed by atoms with Gasteiger partial charge < -0.3 is 14.2 Å². The fourth-order valence-electron chi connectivity index (χ4n) is 3.51. The largest absolute Gasteiger partial charge is 0.451 e. The number of rotatable bonds is 4. The van der Waals surface area contributed by atoms with Crippen LogP contribution < -0.4 is 4.90 Å². The van der Waals surface area contributed by atoms with Crippen LogP contribution in [0.4, 0.5) is 11.4 Å². The molecule has 160 valence electrons. The normalized spacial score (nSPS) is 14.0. The van der Waals surface area contributed by atoms with E-state index in [0.717, 1.165) is 0 Å². The Morgan fingerprint density at radius 1 is 1.00 bits per heavy atom. The minimum absolute atomic E-state index is 0.0543. The zero-order valence-electron chi connectivity index (χ0n) is 16.1. The summed E-state index contributed by atoms with van der Waals surface area (Å²) in [6.45, 7) is 1.68. The molecule has 1 saturated heterocycles. The van der Waals surface area contributed by atoms with Crippen molar-refractivity contribution in [2.75, 3.05) is 31.1 Å². The van der Waals surface area contributed by atoms with E-state index in [0.29, 0.717) is 58.3 Å². The molecule has 0 bridgehead atoms. The highest BCUT2D eigenvalue weighted by atomic mass is 35.5. The number of carbonyl (C=O) groups is 1. The molecule has 2 aromatic carbocycles. The zero-order chi connectivity index (χ0) is 22.1.